The first-order chi connectivity index (χ1) is 25.9. The summed E-state index contributed by atoms with van der Waals surface area (Å²) in [5, 5.41) is 8.94. The van der Waals surface area contributed by atoms with Crippen LogP contribution in [0, 0.1) is 0 Å². The molecule has 0 aromatic heterocycles. The molecule has 1 saturated heterocycles. The average Bonchev–Trinajstić information content (AvgIpc) is 3.21. The van der Waals surface area contributed by atoms with Gasteiger partial charge in [-0.1, -0.05) is 103 Å². The van der Waals surface area contributed by atoms with Gasteiger partial charge in [-0.25, -0.2) is 4.79 Å². The highest BCUT2D eigenvalue weighted by molar-refractivity contribution is 6.02. The summed E-state index contributed by atoms with van der Waals surface area (Å²) in [5.74, 6) is -0.335. The number of benzene rings is 5. The quantitative estimate of drug-likeness (QED) is 0.110. The summed E-state index contributed by atoms with van der Waals surface area (Å²) >= 11 is 0. The Morgan fingerprint density at radius 3 is 2.02 bits per heavy atom. The Hall–Kier alpha value is -5.77. The van der Waals surface area contributed by atoms with Crippen molar-refractivity contribution in [2.75, 3.05) is 58.7 Å². The lowest BCUT2D eigenvalue weighted by molar-refractivity contribution is 0.0540. The van der Waals surface area contributed by atoms with Crippen LogP contribution in [0.3, 0.4) is 0 Å². The number of nitrogens with zero attached hydrogens (tertiary/aromatic N) is 2. The summed E-state index contributed by atoms with van der Waals surface area (Å²) in [6.45, 7) is 3.91. The third-order valence-electron chi connectivity index (χ3n) is 9.61. The predicted molar refractivity (Wildman–Crippen MR) is 212 cm³/mol. The second-order valence-electron chi connectivity index (χ2n) is 13.2. The molecule has 1 aliphatic heterocycles. The highest BCUT2D eigenvalue weighted by Gasteiger charge is 2.25. The van der Waals surface area contributed by atoms with Crippen molar-refractivity contribution in [1.82, 2.24) is 20.4 Å². The van der Waals surface area contributed by atoms with Crippen molar-refractivity contribution >= 4 is 23.6 Å². The average molecular weight is 710 g/mol. The first kappa shape index (κ1) is 37.0. The third kappa shape index (κ3) is 9.57. The molecular weight excluding hydrogens is 663 g/mol. The largest absolute Gasteiger partial charge is 0.446 e. The van der Waals surface area contributed by atoms with Crippen LogP contribution in [0.25, 0.3) is 33.4 Å². The number of hydrogen-bond acceptors (Lipinski definition) is 6. The number of hydrogen-bond donors (Lipinski definition) is 3. The zero-order valence-corrected chi connectivity index (χ0v) is 30.4. The molecule has 1 aliphatic rings. The number of nitrogens with one attached hydrogen (secondary N) is 3. The van der Waals surface area contributed by atoms with Gasteiger partial charge in [-0.15, -0.1) is 0 Å². The summed E-state index contributed by atoms with van der Waals surface area (Å²) in [4.78, 5) is 43.1. The van der Waals surface area contributed by atoms with Gasteiger partial charge in [0.1, 0.15) is 6.10 Å². The van der Waals surface area contributed by atoms with Gasteiger partial charge in [0.2, 0.25) is 0 Å². The molecule has 0 saturated carbocycles. The molecule has 5 aromatic carbocycles. The Kier molecular flexibility index (Phi) is 12.7. The van der Waals surface area contributed by atoms with E-state index < -0.39 is 6.09 Å². The van der Waals surface area contributed by atoms with E-state index in [-0.39, 0.29) is 17.9 Å². The molecule has 6 rings (SSSR count). The van der Waals surface area contributed by atoms with Crippen molar-refractivity contribution in [3.63, 3.8) is 0 Å². The fraction of sp³-hybridized carbons (Fsp3) is 0.250. The zero-order valence-electron chi connectivity index (χ0n) is 30.4. The molecule has 0 unspecified atom stereocenters. The zero-order chi connectivity index (χ0) is 37.0. The molecule has 9 heteroatoms. The van der Waals surface area contributed by atoms with Crippen molar-refractivity contribution in [1.29, 1.82) is 0 Å². The number of carbonyl (C=O) groups excluding carboxylic acids is 3. The number of amides is 3. The molecule has 0 aliphatic carbocycles. The van der Waals surface area contributed by atoms with E-state index in [2.05, 4.69) is 63.3 Å². The number of carbonyl (C=O) groups is 3. The first-order valence-electron chi connectivity index (χ1n) is 18.2. The van der Waals surface area contributed by atoms with E-state index in [4.69, 9.17) is 4.74 Å². The molecule has 0 radical (unpaired) electrons. The second kappa shape index (κ2) is 18.1. The third-order valence-corrected chi connectivity index (χ3v) is 9.61. The van der Waals surface area contributed by atoms with E-state index in [1.807, 2.05) is 67.7 Å². The lowest BCUT2D eigenvalue weighted by atomic mass is 9.88. The maximum absolute atomic E-state index is 13.5. The lowest BCUT2D eigenvalue weighted by Gasteiger charge is -2.32. The molecule has 3 N–H and O–H groups in total. The maximum Gasteiger partial charge on any atom is 0.411 e. The summed E-state index contributed by atoms with van der Waals surface area (Å²) < 4.78 is 6.00. The number of likely N-dealkylation sites (tertiary alicyclic amines) is 1. The highest BCUT2D eigenvalue weighted by Crippen LogP contribution is 2.42. The molecule has 1 fully saturated rings. The van der Waals surface area contributed by atoms with Gasteiger partial charge in [-0.3, -0.25) is 14.9 Å². The molecule has 0 spiro atoms. The molecule has 5 aromatic rings. The van der Waals surface area contributed by atoms with Gasteiger partial charge in [0, 0.05) is 63.0 Å². The van der Waals surface area contributed by atoms with Gasteiger partial charge in [0.25, 0.3) is 11.8 Å². The molecule has 272 valence electrons. The smallest absolute Gasteiger partial charge is 0.411 e. The number of likely N-dealkylation sites (N-methyl/N-ethyl adjacent to an activating group) is 2. The second-order valence-corrected chi connectivity index (χ2v) is 13.2. The van der Waals surface area contributed by atoms with Gasteiger partial charge in [-0.2, -0.15) is 0 Å². The lowest BCUT2D eigenvalue weighted by Crippen LogP contribution is -2.42. The summed E-state index contributed by atoms with van der Waals surface area (Å²) in [6, 6.07) is 41.6. The van der Waals surface area contributed by atoms with E-state index >= 15 is 0 Å². The minimum Gasteiger partial charge on any atom is -0.446 e. The van der Waals surface area contributed by atoms with Gasteiger partial charge in [0.15, 0.2) is 0 Å². The number of rotatable bonds is 13. The predicted octanol–water partition coefficient (Wildman–Crippen LogP) is 7.42. The Balaban J connectivity index is 1.07. The van der Waals surface area contributed by atoms with E-state index in [0.717, 1.165) is 46.5 Å². The number of piperidine rings is 1. The van der Waals surface area contributed by atoms with Crippen LogP contribution in [0.5, 0.6) is 0 Å². The maximum atomic E-state index is 13.5. The Bertz CT molecular complexity index is 1990. The van der Waals surface area contributed by atoms with Gasteiger partial charge >= 0.3 is 6.09 Å². The number of ether oxygens (including phenoxy) is 1. The van der Waals surface area contributed by atoms with Crippen LogP contribution in [0.1, 0.15) is 33.6 Å². The molecule has 3 amide bonds. The van der Waals surface area contributed by atoms with Gasteiger partial charge in [0.05, 0.1) is 5.69 Å². The van der Waals surface area contributed by atoms with Crippen molar-refractivity contribution < 1.29 is 19.1 Å². The molecule has 53 heavy (non-hydrogen) atoms. The summed E-state index contributed by atoms with van der Waals surface area (Å²) in [7, 11) is 3.61. The van der Waals surface area contributed by atoms with Crippen molar-refractivity contribution in [2.24, 2.45) is 0 Å². The minimum absolute atomic E-state index is 0.133. The van der Waals surface area contributed by atoms with Crippen molar-refractivity contribution in [3.8, 4) is 33.4 Å². The molecule has 0 bridgehead atoms. The standard InChI is InChI=1S/C44H47N5O4/c1-45-25-26-46-42(50)34-17-11-18-35(31-34)43(51)48(2)29-30-49-27-23-36(24-28-49)53-44(52)47-40-22-12-21-38(33-15-7-4-8-16-33)41(40)39-20-10-9-19-37(39)32-13-5-3-6-14-32/h3-22,31,36,45H,23-30H2,1-2H3,(H,46,50)(H,47,52). The van der Waals surface area contributed by atoms with Crippen LogP contribution in [-0.4, -0.2) is 87.2 Å². The Morgan fingerprint density at radius 2 is 1.32 bits per heavy atom. The molecule has 0 atom stereocenters. The van der Waals surface area contributed by atoms with Crippen molar-refractivity contribution in [2.45, 2.75) is 18.9 Å². The Labute approximate surface area is 312 Å². The highest BCUT2D eigenvalue weighted by atomic mass is 16.6. The topological polar surface area (TPSA) is 103 Å². The number of anilines is 1. The summed E-state index contributed by atoms with van der Waals surface area (Å²) in [6.07, 6.45) is 0.702. The Morgan fingerprint density at radius 1 is 0.717 bits per heavy atom. The van der Waals surface area contributed by atoms with Crippen LogP contribution in [-0.2, 0) is 4.74 Å². The van der Waals surface area contributed by atoms with E-state index in [1.165, 1.54) is 0 Å². The molecule has 9 nitrogen and oxygen atoms in total. The van der Waals surface area contributed by atoms with Crippen LogP contribution >= 0.6 is 0 Å². The first-order valence-corrected chi connectivity index (χ1v) is 18.2. The van der Waals surface area contributed by atoms with Gasteiger partial charge in [-0.05, 0) is 72.0 Å². The van der Waals surface area contributed by atoms with Crippen LogP contribution < -0.4 is 16.0 Å². The van der Waals surface area contributed by atoms with Crippen molar-refractivity contribution in [3.05, 3.63) is 139 Å². The van der Waals surface area contributed by atoms with Crippen LogP contribution in [0.15, 0.2) is 127 Å². The molecule has 1 heterocycles. The fourth-order valence-corrected chi connectivity index (χ4v) is 6.73. The SMILES string of the molecule is CNCCNC(=O)c1cccc(C(=O)N(C)CCN2CCC(OC(=O)Nc3cccc(-c4ccccc4)c3-c3ccccc3-c3ccccc3)CC2)c1. The van der Waals surface area contributed by atoms with Crippen LogP contribution in [0.4, 0.5) is 10.5 Å². The van der Waals surface area contributed by atoms with Gasteiger partial charge < -0.3 is 25.2 Å². The monoisotopic (exact) mass is 709 g/mol. The molecular formula is C44H47N5O4. The van der Waals surface area contributed by atoms with E-state index in [9.17, 15) is 14.4 Å². The minimum atomic E-state index is -0.477. The fourth-order valence-electron chi connectivity index (χ4n) is 6.73. The van der Waals surface area contributed by atoms with E-state index in [1.54, 1.807) is 36.2 Å². The van der Waals surface area contributed by atoms with E-state index in [0.29, 0.717) is 55.8 Å². The normalized spacial score (nSPS) is 13.2. The summed E-state index contributed by atoms with van der Waals surface area (Å²) in [5.41, 5.74) is 7.81. The van der Waals surface area contributed by atoms with Crippen LogP contribution in [0.2, 0.25) is 0 Å².